The molecule has 0 atom stereocenters. The Morgan fingerprint density at radius 2 is 1.71 bits per heavy atom. The first-order valence-electron chi connectivity index (χ1n) is 8.89. The molecule has 0 aliphatic carbocycles. The van der Waals surface area contributed by atoms with Crippen molar-refractivity contribution in [2.75, 3.05) is 0 Å². The van der Waals surface area contributed by atoms with Crippen molar-refractivity contribution in [2.45, 2.75) is 13.8 Å². The third kappa shape index (κ3) is 3.09. The maximum absolute atomic E-state index is 12.7. The quantitative estimate of drug-likeness (QED) is 0.209. The van der Waals surface area contributed by atoms with Gasteiger partial charge in [-0.2, -0.15) is 0 Å². The molecule has 0 fully saturated rings. The summed E-state index contributed by atoms with van der Waals surface area (Å²) in [5.41, 5.74) is 3.15. The molecule has 1 aromatic heterocycles. The molecule has 0 spiro atoms. The average Bonchev–Trinajstić information content (AvgIpc) is 2.67. The largest absolute Gasteiger partial charge is 0.422 e. The van der Waals surface area contributed by atoms with Gasteiger partial charge >= 0.3 is 11.6 Å². The highest BCUT2D eigenvalue weighted by Gasteiger charge is 2.17. The average molecular weight is 370 g/mol. The number of rotatable bonds is 3. The summed E-state index contributed by atoms with van der Waals surface area (Å²) < 4.78 is 11.2. The van der Waals surface area contributed by atoms with E-state index in [-0.39, 0.29) is 0 Å². The molecular formula is C24H18O4. The van der Waals surface area contributed by atoms with Gasteiger partial charge in [0.1, 0.15) is 11.3 Å². The van der Waals surface area contributed by atoms with Crippen LogP contribution in [0, 0.1) is 13.8 Å². The van der Waals surface area contributed by atoms with Gasteiger partial charge < -0.3 is 9.15 Å². The van der Waals surface area contributed by atoms with Gasteiger partial charge in [-0.3, -0.25) is 0 Å². The first kappa shape index (κ1) is 17.7. The molecule has 0 saturated carbocycles. The van der Waals surface area contributed by atoms with E-state index in [9.17, 15) is 9.59 Å². The Hall–Kier alpha value is -3.66. The van der Waals surface area contributed by atoms with Gasteiger partial charge in [-0.15, -0.1) is 0 Å². The molecule has 3 aromatic carbocycles. The van der Waals surface area contributed by atoms with E-state index in [4.69, 9.17) is 9.15 Å². The van der Waals surface area contributed by atoms with E-state index < -0.39 is 11.6 Å². The predicted octanol–water partition coefficient (Wildman–Crippen LogP) is 5.43. The van der Waals surface area contributed by atoms with E-state index in [0.717, 1.165) is 16.7 Å². The molecule has 1 heterocycles. The molecule has 0 amide bonds. The number of carbonyl (C=O) groups is 1. The van der Waals surface area contributed by atoms with Crippen molar-refractivity contribution >= 4 is 33.8 Å². The lowest BCUT2D eigenvalue weighted by atomic mass is 10.0. The summed E-state index contributed by atoms with van der Waals surface area (Å²) in [7, 11) is 0. The van der Waals surface area contributed by atoms with Crippen molar-refractivity contribution in [1.29, 1.82) is 0 Å². The first-order valence-corrected chi connectivity index (χ1v) is 8.89. The Labute approximate surface area is 161 Å². The molecule has 4 aromatic rings. The third-order valence-electron chi connectivity index (χ3n) is 4.66. The summed E-state index contributed by atoms with van der Waals surface area (Å²) in [5, 5.41) is 1.77. The molecule has 0 saturated heterocycles. The molecular weight excluding hydrogens is 352 g/mol. The van der Waals surface area contributed by atoms with Gasteiger partial charge in [-0.05, 0) is 55.3 Å². The fraction of sp³-hybridized carbons (Fsp3) is 0.0833. The first-order chi connectivity index (χ1) is 13.5. The van der Waals surface area contributed by atoms with Crippen molar-refractivity contribution in [2.24, 2.45) is 0 Å². The van der Waals surface area contributed by atoms with Crippen molar-refractivity contribution < 1.29 is 13.9 Å². The lowest BCUT2D eigenvalue weighted by Crippen LogP contribution is -2.09. The minimum Gasteiger partial charge on any atom is -0.422 e. The van der Waals surface area contributed by atoms with Gasteiger partial charge in [0.25, 0.3) is 0 Å². The molecule has 0 N–H and O–H groups in total. The monoisotopic (exact) mass is 370 g/mol. The second-order valence-corrected chi connectivity index (χ2v) is 6.79. The van der Waals surface area contributed by atoms with Gasteiger partial charge in [0.05, 0.1) is 16.3 Å². The molecule has 4 nitrogen and oxygen atoms in total. The lowest BCUT2D eigenvalue weighted by Gasteiger charge is -2.11. The summed E-state index contributed by atoms with van der Waals surface area (Å²) >= 11 is 0. The van der Waals surface area contributed by atoms with Crippen LogP contribution in [0.2, 0.25) is 0 Å². The normalized spacial score (nSPS) is 10.9. The third-order valence-corrected chi connectivity index (χ3v) is 4.66. The summed E-state index contributed by atoms with van der Waals surface area (Å²) in [6, 6.07) is 16.0. The van der Waals surface area contributed by atoms with Gasteiger partial charge in [0.15, 0.2) is 0 Å². The van der Waals surface area contributed by atoms with Crippen LogP contribution in [0.4, 0.5) is 0 Å². The topological polar surface area (TPSA) is 56.5 Å². The molecule has 0 aliphatic heterocycles. The fourth-order valence-corrected chi connectivity index (χ4v) is 3.26. The number of aryl methyl sites for hydroxylation is 2. The zero-order chi connectivity index (χ0) is 19.8. The molecule has 0 unspecified atom stereocenters. The Morgan fingerprint density at radius 3 is 2.43 bits per heavy atom. The standard InChI is InChI=1S/C24H18O4/c1-4-16-6-8-17(9-7-16)23(25)27-20-12-15(3)13-21-22(20)19-11-14(2)5-10-18(19)24(26)28-21/h4-13H,1H2,2-3H3. The number of ether oxygens (including phenoxy) is 1. The van der Waals surface area contributed by atoms with Gasteiger partial charge in [0, 0.05) is 5.39 Å². The Balaban J connectivity index is 1.90. The smallest absolute Gasteiger partial charge is 0.344 e. The van der Waals surface area contributed by atoms with Crippen LogP contribution < -0.4 is 10.4 Å². The van der Waals surface area contributed by atoms with E-state index in [1.807, 2.05) is 26.0 Å². The summed E-state index contributed by atoms with van der Waals surface area (Å²) in [6.07, 6.45) is 1.71. The molecule has 4 heteroatoms. The van der Waals surface area contributed by atoms with Crippen LogP contribution in [0.25, 0.3) is 27.8 Å². The van der Waals surface area contributed by atoms with E-state index in [1.165, 1.54) is 0 Å². The molecule has 0 aliphatic rings. The number of hydrogen-bond acceptors (Lipinski definition) is 4. The number of esters is 1. The highest BCUT2D eigenvalue weighted by atomic mass is 16.5. The second-order valence-electron chi connectivity index (χ2n) is 6.79. The minimum absolute atomic E-state index is 0.368. The van der Waals surface area contributed by atoms with Gasteiger partial charge in [-0.1, -0.05) is 42.5 Å². The predicted molar refractivity (Wildman–Crippen MR) is 111 cm³/mol. The molecule has 4 rings (SSSR count). The van der Waals surface area contributed by atoms with Crippen molar-refractivity contribution in [3.05, 3.63) is 93.9 Å². The summed E-state index contributed by atoms with van der Waals surface area (Å²) in [4.78, 5) is 25.0. The maximum Gasteiger partial charge on any atom is 0.344 e. The Morgan fingerprint density at radius 1 is 0.964 bits per heavy atom. The van der Waals surface area contributed by atoms with Crippen LogP contribution in [0.15, 0.2) is 70.4 Å². The maximum atomic E-state index is 12.7. The number of carbonyl (C=O) groups excluding carboxylic acids is 1. The molecule has 138 valence electrons. The Bertz CT molecular complexity index is 1290. The highest BCUT2D eigenvalue weighted by Crippen LogP contribution is 2.33. The van der Waals surface area contributed by atoms with Crippen LogP contribution in [-0.4, -0.2) is 5.97 Å². The lowest BCUT2D eigenvalue weighted by molar-refractivity contribution is 0.0737. The SMILES string of the molecule is C=Cc1ccc(C(=O)Oc2cc(C)cc3oc(=O)c4ccc(C)cc4c23)cc1. The Kier molecular flexibility index (Phi) is 4.32. The van der Waals surface area contributed by atoms with Crippen LogP contribution >= 0.6 is 0 Å². The van der Waals surface area contributed by atoms with Crippen LogP contribution in [0.1, 0.15) is 27.0 Å². The van der Waals surface area contributed by atoms with E-state index in [1.54, 1.807) is 48.5 Å². The number of benzene rings is 3. The van der Waals surface area contributed by atoms with Crippen molar-refractivity contribution in [3.63, 3.8) is 0 Å². The number of hydrogen-bond donors (Lipinski definition) is 0. The van der Waals surface area contributed by atoms with Crippen LogP contribution in [-0.2, 0) is 0 Å². The van der Waals surface area contributed by atoms with E-state index in [2.05, 4.69) is 6.58 Å². The molecule has 0 radical (unpaired) electrons. The molecule has 28 heavy (non-hydrogen) atoms. The zero-order valence-corrected chi connectivity index (χ0v) is 15.6. The van der Waals surface area contributed by atoms with Gasteiger partial charge in [-0.25, -0.2) is 9.59 Å². The number of fused-ring (bicyclic) bond motifs is 3. The summed E-state index contributed by atoms with van der Waals surface area (Å²) in [6.45, 7) is 7.51. The second kappa shape index (κ2) is 6.82. The van der Waals surface area contributed by atoms with Gasteiger partial charge in [0.2, 0.25) is 0 Å². The van der Waals surface area contributed by atoms with E-state index >= 15 is 0 Å². The minimum atomic E-state index is -0.477. The summed E-state index contributed by atoms with van der Waals surface area (Å²) in [5.74, 6) is -0.110. The van der Waals surface area contributed by atoms with Crippen LogP contribution in [0.5, 0.6) is 5.75 Å². The highest BCUT2D eigenvalue weighted by molar-refractivity contribution is 6.09. The zero-order valence-electron chi connectivity index (χ0n) is 15.6. The fourth-order valence-electron chi connectivity index (χ4n) is 3.26. The van der Waals surface area contributed by atoms with Crippen LogP contribution in [0.3, 0.4) is 0 Å². The van der Waals surface area contributed by atoms with Crippen molar-refractivity contribution in [1.82, 2.24) is 0 Å². The molecule has 0 bridgehead atoms. The van der Waals surface area contributed by atoms with E-state index in [0.29, 0.717) is 33.1 Å². The van der Waals surface area contributed by atoms with Crippen molar-refractivity contribution in [3.8, 4) is 5.75 Å².